The van der Waals surface area contributed by atoms with Crippen LogP contribution in [-0.2, 0) is 10.0 Å². The van der Waals surface area contributed by atoms with E-state index < -0.39 is 10.0 Å². The first-order chi connectivity index (χ1) is 13.8. The summed E-state index contributed by atoms with van der Waals surface area (Å²) < 4.78 is 27.4. The van der Waals surface area contributed by atoms with E-state index >= 15 is 0 Å². The summed E-state index contributed by atoms with van der Waals surface area (Å²) in [4.78, 5) is 17.0. The molecular weight excluding hydrogens is 388 g/mol. The van der Waals surface area contributed by atoms with Crippen molar-refractivity contribution in [3.63, 3.8) is 0 Å². The number of piperazine rings is 1. The number of hydrogen-bond acceptors (Lipinski definition) is 5. The van der Waals surface area contributed by atoms with E-state index in [2.05, 4.69) is 11.0 Å². The highest BCUT2D eigenvalue weighted by Gasteiger charge is 2.30. The maximum atomic E-state index is 13.0. The second-order valence-electron chi connectivity index (χ2n) is 8.14. The molecule has 0 N–H and O–H groups in total. The third-order valence-corrected chi connectivity index (χ3v) is 7.69. The van der Waals surface area contributed by atoms with Gasteiger partial charge >= 0.3 is 0 Å². The van der Waals surface area contributed by atoms with Gasteiger partial charge in [-0.3, -0.25) is 9.69 Å². The molecule has 1 aromatic rings. The normalized spacial score (nSPS) is 20.4. The van der Waals surface area contributed by atoms with Crippen LogP contribution in [0.4, 0.5) is 0 Å². The molecule has 1 atom stereocenters. The Morgan fingerprint density at radius 3 is 2.28 bits per heavy atom. The first kappa shape index (κ1) is 21.8. The lowest BCUT2D eigenvalue weighted by Crippen LogP contribution is -2.52. The fourth-order valence-electron chi connectivity index (χ4n) is 4.08. The summed E-state index contributed by atoms with van der Waals surface area (Å²) in [5.41, 5.74) is 0.400. The summed E-state index contributed by atoms with van der Waals surface area (Å²) in [6.45, 7) is 7.50. The molecule has 0 bridgehead atoms. The van der Waals surface area contributed by atoms with Crippen molar-refractivity contribution in [3.05, 3.63) is 29.8 Å². The van der Waals surface area contributed by atoms with Crippen LogP contribution in [-0.4, -0.2) is 73.7 Å². The molecule has 0 radical (unpaired) electrons. The fraction of sp³-hybridized carbons (Fsp3) is 0.619. The van der Waals surface area contributed by atoms with E-state index in [0.717, 1.165) is 19.3 Å². The Labute approximate surface area is 173 Å². The zero-order chi connectivity index (χ0) is 21.0. The molecule has 8 heteroatoms. The van der Waals surface area contributed by atoms with Crippen molar-refractivity contribution in [1.29, 1.82) is 5.26 Å². The van der Waals surface area contributed by atoms with Gasteiger partial charge in [-0.25, -0.2) is 8.42 Å². The van der Waals surface area contributed by atoms with E-state index in [4.69, 9.17) is 0 Å². The highest BCUT2D eigenvalue weighted by atomic mass is 32.2. The lowest BCUT2D eigenvalue weighted by molar-refractivity contribution is 0.0576. The third kappa shape index (κ3) is 4.80. The first-order valence-corrected chi connectivity index (χ1v) is 11.8. The number of benzene rings is 1. The van der Waals surface area contributed by atoms with Crippen molar-refractivity contribution in [2.45, 2.75) is 44.0 Å². The molecule has 2 fully saturated rings. The monoisotopic (exact) mass is 418 g/mol. The van der Waals surface area contributed by atoms with Crippen molar-refractivity contribution < 1.29 is 13.2 Å². The molecule has 2 saturated heterocycles. The van der Waals surface area contributed by atoms with Gasteiger partial charge in [0.25, 0.3) is 5.91 Å². The molecule has 2 aliphatic rings. The van der Waals surface area contributed by atoms with E-state index in [1.165, 1.54) is 10.4 Å². The highest BCUT2D eigenvalue weighted by Crippen LogP contribution is 2.22. The third-order valence-electron chi connectivity index (χ3n) is 5.79. The summed E-state index contributed by atoms with van der Waals surface area (Å²) in [6, 6.07) is 8.60. The lowest BCUT2D eigenvalue weighted by atomic mass is 10.0. The van der Waals surface area contributed by atoms with Crippen LogP contribution in [0.15, 0.2) is 29.2 Å². The lowest BCUT2D eigenvalue weighted by Gasteiger charge is -2.38. The molecule has 2 aliphatic heterocycles. The Morgan fingerprint density at radius 2 is 1.69 bits per heavy atom. The van der Waals surface area contributed by atoms with Crippen LogP contribution in [0.1, 0.15) is 43.5 Å². The summed E-state index contributed by atoms with van der Waals surface area (Å²) in [7, 11) is -3.56. The second kappa shape index (κ2) is 9.24. The van der Waals surface area contributed by atoms with Crippen molar-refractivity contribution in [2.75, 3.05) is 39.3 Å². The number of nitriles is 1. The van der Waals surface area contributed by atoms with E-state index in [1.54, 1.807) is 23.1 Å². The van der Waals surface area contributed by atoms with Crippen LogP contribution >= 0.6 is 0 Å². The van der Waals surface area contributed by atoms with E-state index in [0.29, 0.717) is 44.8 Å². The molecule has 0 spiro atoms. The van der Waals surface area contributed by atoms with Gasteiger partial charge < -0.3 is 4.90 Å². The topological polar surface area (TPSA) is 84.7 Å². The van der Waals surface area contributed by atoms with Crippen LogP contribution in [0.3, 0.4) is 0 Å². The molecule has 0 aromatic heterocycles. The van der Waals surface area contributed by atoms with Crippen LogP contribution < -0.4 is 0 Å². The average molecular weight is 419 g/mol. The zero-order valence-corrected chi connectivity index (χ0v) is 18.1. The molecule has 1 aromatic carbocycles. The maximum absolute atomic E-state index is 13.0. The van der Waals surface area contributed by atoms with Gasteiger partial charge in [0, 0.05) is 44.8 Å². The Kier molecular flexibility index (Phi) is 6.93. The van der Waals surface area contributed by atoms with Gasteiger partial charge in [-0.1, -0.05) is 26.3 Å². The Hall–Kier alpha value is -1.95. The molecule has 158 valence electrons. The van der Waals surface area contributed by atoms with Crippen molar-refractivity contribution >= 4 is 15.9 Å². The van der Waals surface area contributed by atoms with Crippen LogP contribution in [0.2, 0.25) is 0 Å². The Morgan fingerprint density at radius 1 is 1.03 bits per heavy atom. The summed E-state index contributed by atoms with van der Waals surface area (Å²) in [6.07, 6.45) is 2.81. The van der Waals surface area contributed by atoms with Gasteiger partial charge in [-0.15, -0.1) is 0 Å². The molecule has 7 nitrogen and oxygen atoms in total. The van der Waals surface area contributed by atoms with Crippen molar-refractivity contribution in [3.8, 4) is 6.07 Å². The smallest absolute Gasteiger partial charge is 0.253 e. The fourth-order valence-corrected chi connectivity index (χ4v) is 5.65. The van der Waals surface area contributed by atoms with Crippen molar-refractivity contribution in [1.82, 2.24) is 14.1 Å². The quantitative estimate of drug-likeness (QED) is 0.732. The predicted octanol–water partition coefficient (Wildman–Crippen LogP) is 2.17. The highest BCUT2D eigenvalue weighted by molar-refractivity contribution is 7.89. The van der Waals surface area contributed by atoms with Crippen LogP contribution in [0.25, 0.3) is 0 Å². The molecule has 0 aliphatic carbocycles. The number of sulfonamides is 1. The molecular formula is C21H30N4O3S. The maximum Gasteiger partial charge on any atom is 0.253 e. The minimum Gasteiger partial charge on any atom is -0.336 e. The van der Waals surface area contributed by atoms with E-state index in [1.807, 2.05) is 13.8 Å². The van der Waals surface area contributed by atoms with E-state index in [-0.39, 0.29) is 22.8 Å². The minimum atomic E-state index is -3.56. The summed E-state index contributed by atoms with van der Waals surface area (Å²) in [5.74, 6) is 0.0809. The average Bonchev–Trinajstić information content (AvgIpc) is 2.75. The molecule has 0 saturated carbocycles. The second-order valence-corrected chi connectivity index (χ2v) is 10.1. The number of amides is 1. The Bertz CT molecular complexity index is 864. The van der Waals surface area contributed by atoms with Gasteiger partial charge in [0.05, 0.1) is 11.0 Å². The minimum absolute atomic E-state index is 0.148. The van der Waals surface area contributed by atoms with Crippen LogP contribution in [0.5, 0.6) is 0 Å². The molecule has 1 amide bonds. The number of piperidine rings is 1. The number of nitrogens with zero attached hydrogens (tertiary/aromatic N) is 4. The van der Waals surface area contributed by atoms with Gasteiger partial charge in [0.2, 0.25) is 10.0 Å². The predicted molar refractivity (Wildman–Crippen MR) is 111 cm³/mol. The zero-order valence-electron chi connectivity index (χ0n) is 17.2. The molecule has 3 rings (SSSR count). The van der Waals surface area contributed by atoms with Crippen LogP contribution in [0, 0.1) is 17.2 Å². The first-order valence-electron chi connectivity index (χ1n) is 10.4. The summed E-state index contributed by atoms with van der Waals surface area (Å²) >= 11 is 0. The Balaban J connectivity index is 1.70. The SMILES string of the molecule is CC(C)C(C#N)N1CCN(C(=O)c2cccc(S(=O)(=O)N3CCCCC3)c2)CC1. The van der Waals surface area contributed by atoms with Gasteiger partial charge in [-0.05, 0) is 37.0 Å². The molecule has 2 heterocycles. The largest absolute Gasteiger partial charge is 0.336 e. The number of carbonyl (C=O) groups is 1. The molecule has 1 unspecified atom stereocenters. The standard InChI is InChI=1S/C21H30N4O3S/c1-17(2)20(16-22)23-11-13-24(14-12-23)21(26)18-7-6-8-19(15-18)29(27,28)25-9-4-3-5-10-25/h6-8,15,17,20H,3-5,9-14H2,1-2H3. The number of carbonyl (C=O) groups excluding carboxylic acids is 1. The van der Waals surface area contributed by atoms with Gasteiger partial charge in [0.15, 0.2) is 0 Å². The number of hydrogen-bond donors (Lipinski definition) is 0. The van der Waals surface area contributed by atoms with Gasteiger partial charge in [-0.2, -0.15) is 9.57 Å². The number of rotatable bonds is 5. The molecule has 29 heavy (non-hydrogen) atoms. The van der Waals surface area contributed by atoms with Crippen molar-refractivity contribution in [2.24, 2.45) is 5.92 Å². The summed E-state index contributed by atoms with van der Waals surface area (Å²) in [5, 5.41) is 9.38. The van der Waals surface area contributed by atoms with Gasteiger partial charge in [0.1, 0.15) is 6.04 Å². The van der Waals surface area contributed by atoms with E-state index in [9.17, 15) is 18.5 Å².